The summed E-state index contributed by atoms with van der Waals surface area (Å²) in [6.45, 7) is 0.604. The van der Waals surface area contributed by atoms with Crippen LogP contribution < -0.4 is 4.90 Å². The van der Waals surface area contributed by atoms with Crippen molar-refractivity contribution in [2.75, 3.05) is 17.2 Å². The largest absolute Gasteiger partial charge is 0.307 e. The van der Waals surface area contributed by atoms with Gasteiger partial charge in [-0.25, -0.2) is 0 Å². The number of thioether (sulfide) groups is 1. The average Bonchev–Trinajstić information content (AvgIpc) is 2.77. The summed E-state index contributed by atoms with van der Waals surface area (Å²) in [5, 5.41) is 11.1. The first-order chi connectivity index (χ1) is 11.1. The number of amides is 1. The van der Waals surface area contributed by atoms with E-state index in [0.29, 0.717) is 16.6 Å². The summed E-state index contributed by atoms with van der Waals surface area (Å²) < 4.78 is 0.367. The second-order valence-electron chi connectivity index (χ2n) is 5.05. The van der Waals surface area contributed by atoms with Gasteiger partial charge in [0.05, 0.1) is 15.1 Å². The predicted octanol–water partition coefficient (Wildman–Crippen LogP) is 4.50. The Morgan fingerprint density at radius 2 is 2.04 bits per heavy atom. The lowest BCUT2D eigenvalue weighted by molar-refractivity contribution is -0.385. The van der Waals surface area contributed by atoms with Gasteiger partial charge < -0.3 is 4.90 Å². The molecule has 0 spiro atoms. The van der Waals surface area contributed by atoms with Crippen molar-refractivity contribution >= 4 is 45.0 Å². The Morgan fingerprint density at radius 1 is 1.26 bits per heavy atom. The van der Waals surface area contributed by atoms with Gasteiger partial charge in [-0.1, -0.05) is 12.1 Å². The van der Waals surface area contributed by atoms with Crippen LogP contribution in [0.3, 0.4) is 0 Å². The van der Waals surface area contributed by atoms with E-state index in [9.17, 15) is 14.9 Å². The third-order valence-electron chi connectivity index (χ3n) is 3.57. The van der Waals surface area contributed by atoms with E-state index in [4.69, 9.17) is 0 Å². The Bertz CT molecular complexity index is 782. The van der Waals surface area contributed by atoms with Crippen LogP contribution in [0.2, 0.25) is 0 Å². The summed E-state index contributed by atoms with van der Waals surface area (Å²) in [5.41, 5.74) is 1.08. The molecule has 0 fully saturated rings. The summed E-state index contributed by atoms with van der Waals surface area (Å²) >= 11 is 4.87. The van der Waals surface area contributed by atoms with E-state index in [1.165, 1.54) is 6.07 Å². The molecule has 3 rings (SSSR count). The number of nitro benzene ring substituents is 1. The molecule has 5 nitrogen and oxygen atoms in total. The van der Waals surface area contributed by atoms with Gasteiger partial charge in [0.25, 0.3) is 11.6 Å². The van der Waals surface area contributed by atoms with Crippen LogP contribution in [-0.2, 0) is 0 Å². The molecule has 0 radical (unpaired) electrons. The molecule has 118 valence electrons. The van der Waals surface area contributed by atoms with Crippen molar-refractivity contribution in [3.63, 3.8) is 0 Å². The Balaban J connectivity index is 2.00. The van der Waals surface area contributed by atoms with Crippen molar-refractivity contribution in [1.82, 2.24) is 0 Å². The SMILES string of the molecule is O=C(c1ccc(Br)c([N+](=O)[O-])c1)N1CCCSc2ccccc21. The molecular formula is C16H13BrN2O3S. The van der Waals surface area contributed by atoms with Gasteiger partial charge in [-0.3, -0.25) is 14.9 Å². The van der Waals surface area contributed by atoms with Crippen LogP contribution in [0.4, 0.5) is 11.4 Å². The van der Waals surface area contributed by atoms with E-state index in [0.717, 1.165) is 22.8 Å². The topological polar surface area (TPSA) is 63.4 Å². The van der Waals surface area contributed by atoms with Gasteiger partial charge >= 0.3 is 0 Å². The van der Waals surface area contributed by atoms with Crippen LogP contribution in [0.1, 0.15) is 16.8 Å². The molecule has 23 heavy (non-hydrogen) atoms. The minimum absolute atomic E-state index is 0.103. The van der Waals surface area contributed by atoms with E-state index in [1.807, 2.05) is 24.3 Å². The molecule has 0 bridgehead atoms. The molecule has 2 aromatic rings. The van der Waals surface area contributed by atoms with E-state index >= 15 is 0 Å². The van der Waals surface area contributed by atoms with Gasteiger partial charge in [0, 0.05) is 23.1 Å². The fraction of sp³-hybridized carbons (Fsp3) is 0.188. The number of fused-ring (bicyclic) bond motifs is 1. The number of hydrogen-bond acceptors (Lipinski definition) is 4. The Labute approximate surface area is 146 Å². The molecule has 7 heteroatoms. The second-order valence-corrected chi connectivity index (χ2v) is 7.04. The van der Waals surface area contributed by atoms with Crippen LogP contribution in [0.15, 0.2) is 51.8 Å². The number of halogens is 1. The zero-order valence-electron chi connectivity index (χ0n) is 12.1. The second kappa shape index (κ2) is 6.72. The number of para-hydroxylation sites is 1. The van der Waals surface area contributed by atoms with Gasteiger partial charge in [-0.15, -0.1) is 11.8 Å². The fourth-order valence-electron chi connectivity index (χ4n) is 2.48. The summed E-state index contributed by atoms with van der Waals surface area (Å²) in [4.78, 5) is 26.2. The molecule has 1 aliphatic rings. The molecule has 0 unspecified atom stereocenters. The lowest BCUT2D eigenvalue weighted by Gasteiger charge is -2.22. The van der Waals surface area contributed by atoms with Crippen molar-refractivity contribution in [3.8, 4) is 0 Å². The van der Waals surface area contributed by atoms with E-state index < -0.39 is 4.92 Å². The molecule has 2 aromatic carbocycles. The first-order valence-electron chi connectivity index (χ1n) is 7.05. The highest BCUT2D eigenvalue weighted by Gasteiger charge is 2.24. The summed E-state index contributed by atoms with van der Waals surface area (Å²) in [6.07, 6.45) is 0.879. The molecule has 0 saturated heterocycles. The zero-order chi connectivity index (χ0) is 16.4. The first-order valence-corrected chi connectivity index (χ1v) is 8.83. The quantitative estimate of drug-likeness (QED) is 0.557. The maximum atomic E-state index is 12.9. The van der Waals surface area contributed by atoms with Crippen molar-refractivity contribution in [2.45, 2.75) is 11.3 Å². The average molecular weight is 393 g/mol. The highest BCUT2D eigenvalue weighted by Crippen LogP contribution is 2.35. The normalized spacial score (nSPS) is 14.0. The number of anilines is 1. The molecule has 0 atom stereocenters. The summed E-state index contributed by atoms with van der Waals surface area (Å²) in [7, 11) is 0. The monoisotopic (exact) mass is 392 g/mol. The molecule has 0 aromatic heterocycles. The minimum atomic E-state index is -0.493. The minimum Gasteiger partial charge on any atom is -0.307 e. The van der Waals surface area contributed by atoms with Crippen molar-refractivity contribution < 1.29 is 9.72 Å². The van der Waals surface area contributed by atoms with Crippen LogP contribution in [-0.4, -0.2) is 23.1 Å². The molecule has 0 aliphatic carbocycles. The third-order valence-corrected chi connectivity index (χ3v) is 5.39. The van der Waals surface area contributed by atoms with Crippen LogP contribution in [0.25, 0.3) is 0 Å². The highest BCUT2D eigenvalue weighted by atomic mass is 79.9. The zero-order valence-corrected chi connectivity index (χ0v) is 14.5. The lowest BCUT2D eigenvalue weighted by atomic mass is 10.1. The Kier molecular flexibility index (Phi) is 4.68. The van der Waals surface area contributed by atoms with Crippen molar-refractivity contribution in [3.05, 3.63) is 62.6 Å². The van der Waals surface area contributed by atoms with Gasteiger partial charge in [-0.2, -0.15) is 0 Å². The number of nitro groups is 1. The number of hydrogen-bond donors (Lipinski definition) is 0. The van der Waals surface area contributed by atoms with E-state index in [1.54, 1.807) is 28.8 Å². The molecule has 1 amide bonds. The maximum Gasteiger partial charge on any atom is 0.284 e. The lowest BCUT2D eigenvalue weighted by Crippen LogP contribution is -2.31. The maximum absolute atomic E-state index is 12.9. The summed E-state index contributed by atoms with van der Waals surface area (Å²) in [5.74, 6) is 0.733. The molecule has 1 heterocycles. The number of nitrogens with zero attached hydrogens (tertiary/aromatic N) is 2. The van der Waals surface area contributed by atoms with Crippen LogP contribution in [0.5, 0.6) is 0 Å². The van der Waals surface area contributed by atoms with E-state index in [-0.39, 0.29) is 11.6 Å². The number of rotatable bonds is 2. The number of carbonyl (C=O) groups is 1. The third kappa shape index (κ3) is 3.25. The van der Waals surface area contributed by atoms with Crippen molar-refractivity contribution in [2.24, 2.45) is 0 Å². The van der Waals surface area contributed by atoms with Gasteiger partial charge in [-0.05, 0) is 52.4 Å². The van der Waals surface area contributed by atoms with Crippen molar-refractivity contribution in [1.29, 1.82) is 0 Å². The van der Waals surface area contributed by atoms with Gasteiger partial charge in [0.1, 0.15) is 0 Å². The van der Waals surface area contributed by atoms with E-state index in [2.05, 4.69) is 15.9 Å². The highest BCUT2D eigenvalue weighted by molar-refractivity contribution is 9.10. The Morgan fingerprint density at radius 3 is 2.83 bits per heavy atom. The molecular weight excluding hydrogens is 380 g/mol. The smallest absolute Gasteiger partial charge is 0.284 e. The van der Waals surface area contributed by atoms with Crippen LogP contribution >= 0.6 is 27.7 Å². The van der Waals surface area contributed by atoms with Crippen LogP contribution in [0, 0.1) is 10.1 Å². The predicted molar refractivity (Wildman–Crippen MR) is 94.3 cm³/mol. The molecule has 0 N–H and O–H groups in total. The number of carbonyl (C=O) groups excluding carboxylic acids is 1. The Hall–Kier alpha value is -1.86. The van der Waals surface area contributed by atoms with Gasteiger partial charge in [0.2, 0.25) is 0 Å². The standard InChI is InChI=1S/C16H13BrN2O3S/c17-12-7-6-11(10-14(12)19(21)22)16(20)18-8-3-9-23-15-5-2-1-4-13(15)18/h1-2,4-7,10H,3,8-9H2. The first kappa shape index (κ1) is 16.0. The summed E-state index contributed by atoms with van der Waals surface area (Å²) in [6, 6.07) is 12.2. The molecule has 0 saturated carbocycles. The van der Waals surface area contributed by atoms with Gasteiger partial charge in [0.15, 0.2) is 0 Å². The fourth-order valence-corrected chi connectivity index (χ4v) is 3.87. The number of benzene rings is 2. The molecule has 1 aliphatic heterocycles.